The second-order valence-electron chi connectivity index (χ2n) is 4.24. The fourth-order valence-corrected chi connectivity index (χ4v) is 2.82. The largest absolute Gasteiger partial charge is 0.376 e. The molecule has 0 aliphatic rings. The lowest BCUT2D eigenvalue weighted by Crippen LogP contribution is -2.16. The Morgan fingerprint density at radius 1 is 1.37 bits per heavy atom. The quantitative estimate of drug-likeness (QED) is 0.915. The van der Waals surface area contributed by atoms with Crippen LogP contribution in [-0.4, -0.2) is 16.6 Å². The van der Waals surface area contributed by atoms with Gasteiger partial charge in [0.1, 0.15) is 0 Å². The van der Waals surface area contributed by atoms with Crippen molar-refractivity contribution in [3.05, 3.63) is 38.6 Å². The average molecular weight is 278 g/mol. The highest BCUT2D eigenvalue weighted by molar-refractivity contribution is 7.15. The van der Waals surface area contributed by atoms with Gasteiger partial charge < -0.3 is 9.72 Å². The van der Waals surface area contributed by atoms with E-state index < -0.39 is 0 Å². The first kappa shape index (κ1) is 14.0. The van der Waals surface area contributed by atoms with Crippen LogP contribution in [0.1, 0.15) is 30.0 Å². The molecule has 0 aliphatic carbocycles. The second-order valence-corrected chi connectivity index (χ2v) is 5.40. The highest BCUT2D eigenvalue weighted by atomic mass is 32.1. The third kappa shape index (κ3) is 3.11. The molecule has 1 N–H and O–H groups in total. The zero-order valence-electron chi connectivity index (χ0n) is 11.4. The van der Waals surface area contributed by atoms with E-state index in [1.165, 1.54) is 0 Å². The summed E-state index contributed by atoms with van der Waals surface area (Å²) < 4.78 is 5.37. The number of aryl methyl sites for hydroxylation is 1. The van der Waals surface area contributed by atoms with E-state index in [-0.39, 0.29) is 5.56 Å². The first-order valence-electron chi connectivity index (χ1n) is 6.42. The van der Waals surface area contributed by atoms with E-state index in [1.807, 2.05) is 32.9 Å². The van der Waals surface area contributed by atoms with Crippen LogP contribution in [0.15, 0.2) is 16.9 Å². The number of hydrogen-bond donors (Lipinski definition) is 1. The van der Waals surface area contributed by atoms with Gasteiger partial charge in [-0.25, -0.2) is 4.98 Å². The van der Waals surface area contributed by atoms with Crippen LogP contribution in [0.4, 0.5) is 0 Å². The third-order valence-corrected chi connectivity index (χ3v) is 3.98. The number of ether oxygens (including phenoxy) is 1. The number of hydrogen-bond acceptors (Lipinski definition) is 4. The van der Waals surface area contributed by atoms with Crippen molar-refractivity contribution in [2.75, 3.05) is 6.61 Å². The summed E-state index contributed by atoms with van der Waals surface area (Å²) in [5.74, 6) is 0.646. The minimum atomic E-state index is -0.0373. The Morgan fingerprint density at radius 3 is 2.79 bits per heavy atom. The molecule has 2 aromatic rings. The molecule has 0 bridgehead atoms. The Bertz CT molecular complexity index is 616. The molecular formula is C14H18N2O2S. The minimum absolute atomic E-state index is 0.0373. The zero-order chi connectivity index (χ0) is 13.8. The maximum atomic E-state index is 11.9. The van der Waals surface area contributed by atoms with Crippen molar-refractivity contribution in [1.82, 2.24) is 9.97 Å². The van der Waals surface area contributed by atoms with Crippen molar-refractivity contribution in [3.63, 3.8) is 0 Å². The van der Waals surface area contributed by atoms with Crippen molar-refractivity contribution in [3.8, 4) is 10.7 Å². The Hall–Kier alpha value is -1.46. The van der Waals surface area contributed by atoms with Crippen LogP contribution in [0, 0.1) is 6.92 Å². The predicted molar refractivity (Wildman–Crippen MR) is 77.6 cm³/mol. The molecule has 0 aliphatic heterocycles. The van der Waals surface area contributed by atoms with E-state index in [9.17, 15) is 4.79 Å². The topological polar surface area (TPSA) is 55.0 Å². The predicted octanol–water partition coefficient (Wildman–Crippen LogP) is 2.91. The number of thiophene rings is 1. The number of aromatic amines is 1. The van der Waals surface area contributed by atoms with Crippen LogP contribution in [0.25, 0.3) is 10.7 Å². The monoisotopic (exact) mass is 278 g/mol. The Kier molecular flexibility index (Phi) is 4.50. The molecule has 0 saturated carbocycles. The fraction of sp³-hybridized carbons (Fsp3) is 0.429. The summed E-state index contributed by atoms with van der Waals surface area (Å²) in [6, 6.07) is 3.99. The van der Waals surface area contributed by atoms with Gasteiger partial charge in [0.05, 0.1) is 11.5 Å². The van der Waals surface area contributed by atoms with Gasteiger partial charge in [-0.15, -0.1) is 11.3 Å². The molecule has 0 spiro atoms. The molecule has 4 nitrogen and oxygen atoms in total. The normalized spacial score (nSPS) is 10.9. The molecule has 0 fully saturated rings. The lowest BCUT2D eigenvalue weighted by Gasteiger charge is -2.03. The van der Waals surface area contributed by atoms with Crippen molar-refractivity contribution in [2.24, 2.45) is 0 Å². The SMILES string of the molecule is CCOCc1ccc(-c2nc(C)c(CC)c(=O)[nH]2)s1. The summed E-state index contributed by atoms with van der Waals surface area (Å²) in [7, 11) is 0. The number of nitrogens with zero attached hydrogens (tertiary/aromatic N) is 1. The molecule has 2 rings (SSSR count). The molecule has 0 amide bonds. The lowest BCUT2D eigenvalue weighted by atomic mass is 10.2. The van der Waals surface area contributed by atoms with Gasteiger partial charge in [0.15, 0.2) is 5.82 Å². The number of H-pyrrole nitrogens is 1. The average Bonchev–Trinajstić information content (AvgIpc) is 2.84. The molecule has 0 aromatic carbocycles. The molecular weight excluding hydrogens is 260 g/mol. The van der Waals surface area contributed by atoms with Crippen molar-refractivity contribution < 1.29 is 4.74 Å². The first-order valence-corrected chi connectivity index (χ1v) is 7.24. The van der Waals surface area contributed by atoms with Crippen LogP contribution in [0.2, 0.25) is 0 Å². The van der Waals surface area contributed by atoms with Gasteiger partial charge in [0.25, 0.3) is 5.56 Å². The summed E-state index contributed by atoms with van der Waals surface area (Å²) in [5.41, 5.74) is 1.53. The lowest BCUT2D eigenvalue weighted by molar-refractivity contribution is 0.136. The van der Waals surface area contributed by atoms with E-state index >= 15 is 0 Å². The van der Waals surface area contributed by atoms with E-state index in [0.717, 1.165) is 21.0 Å². The van der Waals surface area contributed by atoms with E-state index in [4.69, 9.17) is 4.74 Å². The molecule has 102 valence electrons. The Morgan fingerprint density at radius 2 is 2.16 bits per heavy atom. The van der Waals surface area contributed by atoms with Gasteiger partial charge in [-0.3, -0.25) is 4.79 Å². The van der Waals surface area contributed by atoms with Crippen molar-refractivity contribution >= 4 is 11.3 Å². The minimum Gasteiger partial charge on any atom is -0.376 e. The van der Waals surface area contributed by atoms with E-state index in [1.54, 1.807) is 11.3 Å². The Labute approximate surface area is 116 Å². The molecule has 5 heteroatoms. The molecule has 0 unspecified atom stereocenters. The van der Waals surface area contributed by atoms with Gasteiger partial charge in [-0.2, -0.15) is 0 Å². The van der Waals surface area contributed by atoms with Gasteiger partial charge >= 0.3 is 0 Å². The third-order valence-electron chi connectivity index (χ3n) is 2.92. The van der Waals surface area contributed by atoms with Crippen LogP contribution in [0.3, 0.4) is 0 Å². The first-order chi connectivity index (χ1) is 9.15. The smallest absolute Gasteiger partial charge is 0.254 e. The zero-order valence-corrected chi connectivity index (χ0v) is 12.3. The maximum absolute atomic E-state index is 11.9. The molecule has 2 heterocycles. The van der Waals surface area contributed by atoms with Crippen LogP contribution < -0.4 is 5.56 Å². The molecule has 0 atom stereocenters. The summed E-state index contributed by atoms with van der Waals surface area (Å²) in [6.45, 7) is 7.13. The van der Waals surface area contributed by atoms with Crippen LogP contribution >= 0.6 is 11.3 Å². The van der Waals surface area contributed by atoms with Crippen LogP contribution in [0.5, 0.6) is 0 Å². The highest BCUT2D eigenvalue weighted by Gasteiger charge is 2.10. The van der Waals surface area contributed by atoms with Crippen LogP contribution in [-0.2, 0) is 17.8 Å². The second kappa shape index (κ2) is 6.12. The number of nitrogens with one attached hydrogen (secondary N) is 1. The summed E-state index contributed by atoms with van der Waals surface area (Å²) in [6.07, 6.45) is 0.703. The summed E-state index contributed by atoms with van der Waals surface area (Å²) in [5, 5.41) is 0. The number of aromatic nitrogens is 2. The fourth-order valence-electron chi connectivity index (χ4n) is 1.93. The van der Waals surface area contributed by atoms with Gasteiger partial charge in [0.2, 0.25) is 0 Å². The Balaban J connectivity index is 2.32. The van der Waals surface area contributed by atoms with E-state index in [0.29, 0.717) is 25.5 Å². The molecule has 0 radical (unpaired) electrons. The maximum Gasteiger partial charge on any atom is 0.254 e. The van der Waals surface area contributed by atoms with Gasteiger partial charge in [-0.1, -0.05) is 6.92 Å². The van der Waals surface area contributed by atoms with Gasteiger partial charge in [-0.05, 0) is 32.4 Å². The summed E-state index contributed by atoms with van der Waals surface area (Å²) in [4.78, 5) is 21.4. The van der Waals surface area contributed by atoms with Crippen molar-refractivity contribution in [1.29, 1.82) is 0 Å². The molecule has 19 heavy (non-hydrogen) atoms. The van der Waals surface area contributed by atoms with Gasteiger partial charge in [0, 0.05) is 22.7 Å². The van der Waals surface area contributed by atoms with Crippen molar-refractivity contribution in [2.45, 2.75) is 33.8 Å². The summed E-state index contributed by atoms with van der Waals surface area (Å²) >= 11 is 1.60. The highest BCUT2D eigenvalue weighted by Crippen LogP contribution is 2.25. The molecule has 0 saturated heterocycles. The standard InChI is InChI=1S/C14H18N2O2S/c1-4-11-9(3)15-13(16-14(11)17)12-7-6-10(19-12)8-18-5-2/h6-7H,4-5,8H2,1-3H3,(H,15,16,17). The number of rotatable bonds is 5. The molecule has 2 aromatic heterocycles. The van der Waals surface area contributed by atoms with E-state index in [2.05, 4.69) is 9.97 Å².